The number of carboxylic acids is 1. The summed E-state index contributed by atoms with van der Waals surface area (Å²) in [6, 6.07) is 8.99. The summed E-state index contributed by atoms with van der Waals surface area (Å²) in [5.41, 5.74) is 2.84. The molecule has 9 heteroatoms. The number of rotatable bonds is 6. The Morgan fingerprint density at radius 1 is 1.13 bits per heavy atom. The van der Waals surface area contributed by atoms with E-state index < -0.39 is 28.0 Å². The molecular weight excluding hydrogens is 406 g/mol. The minimum Gasteiger partial charge on any atom is -0.480 e. The molecule has 4 rings (SSSR count). The summed E-state index contributed by atoms with van der Waals surface area (Å²) in [5, 5.41) is 10.9. The average molecular weight is 427 g/mol. The SMILES string of the molecule is Cc1cn(-c2ccc3oc4cc(S(=O)(=O)N[C@H](C(=O)O)C(C)C)ccc4c3c2)cn1. The molecule has 2 aromatic heterocycles. The lowest BCUT2D eigenvalue weighted by atomic mass is 10.1. The summed E-state index contributed by atoms with van der Waals surface area (Å²) >= 11 is 0. The van der Waals surface area contributed by atoms with Gasteiger partial charge in [-0.2, -0.15) is 4.72 Å². The molecule has 156 valence electrons. The predicted molar refractivity (Wildman–Crippen MR) is 112 cm³/mol. The van der Waals surface area contributed by atoms with Crippen molar-refractivity contribution >= 4 is 37.9 Å². The molecule has 30 heavy (non-hydrogen) atoms. The van der Waals surface area contributed by atoms with Gasteiger partial charge in [0.25, 0.3) is 0 Å². The lowest BCUT2D eigenvalue weighted by molar-refractivity contribution is -0.140. The Kier molecular flexibility index (Phi) is 4.87. The molecule has 0 aliphatic rings. The number of nitrogens with one attached hydrogen (secondary N) is 1. The summed E-state index contributed by atoms with van der Waals surface area (Å²) in [5.74, 6) is -1.63. The molecule has 0 spiro atoms. The molecule has 2 aromatic carbocycles. The van der Waals surface area contributed by atoms with Crippen molar-refractivity contribution in [1.82, 2.24) is 14.3 Å². The Morgan fingerprint density at radius 2 is 1.90 bits per heavy atom. The van der Waals surface area contributed by atoms with Gasteiger partial charge in [-0.15, -0.1) is 0 Å². The van der Waals surface area contributed by atoms with Gasteiger partial charge in [0.2, 0.25) is 10.0 Å². The van der Waals surface area contributed by atoms with Gasteiger partial charge >= 0.3 is 5.97 Å². The van der Waals surface area contributed by atoms with Gasteiger partial charge in [-0.05, 0) is 43.2 Å². The first kappa shape index (κ1) is 20.1. The first-order valence-electron chi connectivity index (χ1n) is 9.38. The number of furan rings is 1. The number of hydrogen-bond acceptors (Lipinski definition) is 5. The zero-order valence-corrected chi connectivity index (χ0v) is 17.5. The monoisotopic (exact) mass is 427 g/mol. The fourth-order valence-electron chi connectivity index (χ4n) is 3.34. The van der Waals surface area contributed by atoms with E-state index in [9.17, 15) is 18.3 Å². The van der Waals surface area contributed by atoms with Crippen molar-refractivity contribution in [1.29, 1.82) is 0 Å². The van der Waals surface area contributed by atoms with Crippen molar-refractivity contribution < 1.29 is 22.7 Å². The number of carboxylic acid groups (broad SMARTS) is 1. The number of imidazole rings is 1. The van der Waals surface area contributed by atoms with E-state index in [0.717, 1.165) is 22.2 Å². The highest BCUT2D eigenvalue weighted by Crippen LogP contribution is 2.32. The number of sulfonamides is 1. The van der Waals surface area contributed by atoms with Crippen LogP contribution in [0.3, 0.4) is 0 Å². The fourth-order valence-corrected chi connectivity index (χ4v) is 4.70. The standard InChI is InChI=1S/C21H21N3O5S/c1-12(2)20(21(25)26)23-30(27,28)15-5-6-16-17-8-14(24-10-13(3)22-11-24)4-7-18(17)29-19(16)9-15/h4-12,20,23H,1-3H3,(H,25,26)/t20-/m0/s1. The molecule has 0 bridgehead atoms. The van der Waals surface area contributed by atoms with Crippen LogP contribution in [-0.4, -0.2) is 35.1 Å². The van der Waals surface area contributed by atoms with Gasteiger partial charge in [-0.3, -0.25) is 4.79 Å². The minimum atomic E-state index is -4.03. The third-order valence-electron chi connectivity index (χ3n) is 4.96. The Hall–Kier alpha value is -3.17. The van der Waals surface area contributed by atoms with E-state index in [-0.39, 0.29) is 4.90 Å². The third-order valence-corrected chi connectivity index (χ3v) is 6.40. The number of nitrogens with zero attached hydrogens (tertiary/aromatic N) is 2. The van der Waals surface area contributed by atoms with Crippen LogP contribution in [0.1, 0.15) is 19.5 Å². The van der Waals surface area contributed by atoms with Gasteiger partial charge in [-0.1, -0.05) is 13.8 Å². The Balaban J connectivity index is 1.76. The molecule has 0 saturated carbocycles. The maximum absolute atomic E-state index is 12.7. The topological polar surface area (TPSA) is 114 Å². The van der Waals surface area contributed by atoms with E-state index in [4.69, 9.17) is 4.42 Å². The van der Waals surface area contributed by atoms with E-state index in [1.807, 2.05) is 35.9 Å². The summed E-state index contributed by atoms with van der Waals surface area (Å²) in [6.45, 7) is 5.19. The molecular formula is C21H21N3O5S. The molecule has 2 N–H and O–H groups in total. The molecule has 0 aliphatic heterocycles. The average Bonchev–Trinajstić information content (AvgIpc) is 3.28. The first-order chi connectivity index (χ1) is 14.2. The Morgan fingerprint density at radius 3 is 2.53 bits per heavy atom. The number of fused-ring (bicyclic) bond motifs is 3. The normalized spacial score (nSPS) is 13.3. The van der Waals surface area contributed by atoms with Gasteiger partial charge < -0.3 is 14.1 Å². The van der Waals surface area contributed by atoms with Crippen LogP contribution in [0.2, 0.25) is 0 Å². The maximum atomic E-state index is 12.7. The molecule has 0 fully saturated rings. The van der Waals surface area contributed by atoms with E-state index in [0.29, 0.717) is 11.2 Å². The molecule has 2 heterocycles. The minimum absolute atomic E-state index is 0.0496. The van der Waals surface area contributed by atoms with Gasteiger partial charge in [0.15, 0.2) is 0 Å². The number of benzene rings is 2. The number of aliphatic carboxylic acids is 1. The number of aromatic nitrogens is 2. The van der Waals surface area contributed by atoms with E-state index in [2.05, 4.69) is 9.71 Å². The summed E-state index contributed by atoms with van der Waals surface area (Å²) < 4.78 is 35.5. The highest BCUT2D eigenvalue weighted by Gasteiger charge is 2.28. The van der Waals surface area contributed by atoms with Crippen molar-refractivity contribution in [3.05, 3.63) is 54.6 Å². The second-order valence-electron chi connectivity index (χ2n) is 7.54. The molecule has 0 unspecified atom stereocenters. The van der Waals surface area contributed by atoms with E-state index in [1.54, 1.807) is 26.2 Å². The van der Waals surface area contributed by atoms with Crippen molar-refractivity contribution in [2.75, 3.05) is 0 Å². The lowest BCUT2D eigenvalue weighted by Gasteiger charge is -2.17. The highest BCUT2D eigenvalue weighted by atomic mass is 32.2. The molecule has 0 radical (unpaired) electrons. The van der Waals surface area contributed by atoms with Crippen LogP contribution in [0.25, 0.3) is 27.6 Å². The first-order valence-corrected chi connectivity index (χ1v) is 10.9. The van der Waals surface area contributed by atoms with Crippen molar-refractivity contribution in [3.8, 4) is 5.69 Å². The van der Waals surface area contributed by atoms with Crippen molar-refractivity contribution in [3.63, 3.8) is 0 Å². The zero-order chi connectivity index (χ0) is 21.6. The quantitative estimate of drug-likeness (QED) is 0.487. The van der Waals surface area contributed by atoms with Crippen LogP contribution in [0.4, 0.5) is 0 Å². The van der Waals surface area contributed by atoms with Crippen LogP contribution in [-0.2, 0) is 14.8 Å². The molecule has 1 atom stereocenters. The van der Waals surface area contributed by atoms with Gasteiger partial charge in [0, 0.05) is 28.7 Å². The molecule has 0 aliphatic carbocycles. The predicted octanol–water partition coefficient (Wildman–Crippen LogP) is 3.47. The highest BCUT2D eigenvalue weighted by molar-refractivity contribution is 7.89. The lowest BCUT2D eigenvalue weighted by Crippen LogP contribution is -2.44. The van der Waals surface area contributed by atoms with Crippen molar-refractivity contribution in [2.45, 2.75) is 31.7 Å². The maximum Gasteiger partial charge on any atom is 0.322 e. The van der Waals surface area contributed by atoms with Crippen LogP contribution in [0.5, 0.6) is 0 Å². The molecule has 4 aromatic rings. The summed E-state index contributed by atoms with van der Waals surface area (Å²) in [4.78, 5) is 15.6. The largest absolute Gasteiger partial charge is 0.480 e. The molecule has 0 amide bonds. The van der Waals surface area contributed by atoms with Gasteiger partial charge in [0.1, 0.15) is 17.2 Å². The fraction of sp³-hybridized carbons (Fsp3) is 0.238. The van der Waals surface area contributed by atoms with E-state index in [1.165, 1.54) is 12.1 Å². The van der Waals surface area contributed by atoms with Crippen LogP contribution >= 0.6 is 0 Å². The second kappa shape index (κ2) is 7.26. The van der Waals surface area contributed by atoms with Crippen molar-refractivity contribution in [2.24, 2.45) is 5.92 Å². The van der Waals surface area contributed by atoms with Gasteiger partial charge in [0.05, 0.1) is 16.9 Å². The summed E-state index contributed by atoms with van der Waals surface area (Å²) in [6.07, 6.45) is 3.64. The Labute approximate surface area is 173 Å². The molecule has 0 saturated heterocycles. The molecule has 8 nitrogen and oxygen atoms in total. The number of carbonyl (C=O) groups is 1. The Bertz CT molecular complexity index is 1370. The smallest absolute Gasteiger partial charge is 0.322 e. The van der Waals surface area contributed by atoms with Crippen LogP contribution in [0.15, 0.2) is 58.2 Å². The van der Waals surface area contributed by atoms with Crippen LogP contribution < -0.4 is 4.72 Å². The third kappa shape index (κ3) is 3.57. The van der Waals surface area contributed by atoms with Crippen LogP contribution in [0, 0.1) is 12.8 Å². The number of hydrogen-bond donors (Lipinski definition) is 2. The zero-order valence-electron chi connectivity index (χ0n) is 16.7. The second-order valence-corrected chi connectivity index (χ2v) is 9.26. The summed E-state index contributed by atoms with van der Waals surface area (Å²) in [7, 11) is -4.03. The van der Waals surface area contributed by atoms with Gasteiger partial charge in [-0.25, -0.2) is 13.4 Å². The van der Waals surface area contributed by atoms with E-state index >= 15 is 0 Å². The number of aryl methyl sites for hydroxylation is 1.